The van der Waals surface area contributed by atoms with Gasteiger partial charge in [-0.1, -0.05) is 0 Å². The van der Waals surface area contributed by atoms with Crippen LogP contribution >= 0.6 is 7.82 Å². The molecule has 32 valence electrons. The third-order valence-electron chi connectivity index (χ3n) is 0. The summed E-state index contributed by atoms with van der Waals surface area (Å²) in [6.07, 6.45) is 0. The van der Waals surface area contributed by atoms with Gasteiger partial charge in [-0.15, -0.1) is 0 Å². The van der Waals surface area contributed by atoms with Gasteiger partial charge >= 0.3 is 126 Å². The molecule has 0 aliphatic rings. The van der Waals surface area contributed by atoms with Crippen LogP contribution in [-0.2, 0) is 4.57 Å². The van der Waals surface area contributed by atoms with Crippen LogP contribution in [0.2, 0.25) is 0 Å². The van der Waals surface area contributed by atoms with Crippen LogP contribution in [-0.4, -0.2) is 37.7 Å². The minimum absolute atomic E-state index is 0. The van der Waals surface area contributed by atoms with Gasteiger partial charge in [-0.25, -0.2) is 0 Å². The van der Waals surface area contributed by atoms with Crippen molar-refractivity contribution >= 4 is 45.6 Å². The Balaban J connectivity index is -0.0000000133. The molecule has 0 saturated carbocycles. The molecule has 4 nitrogen and oxygen atoms in total. The zero-order valence-corrected chi connectivity index (χ0v) is 14.9. The zero-order chi connectivity index (χ0) is 4.50. The molecule has 0 spiro atoms. The fraction of sp³-hybridized carbons (Fsp3) is 0. The van der Waals surface area contributed by atoms with E-state index < -0.39 is 7.82 Å². The molecule has 0 aliphatic carbocycles. The molecule has 9 heavy (non-hydrogen) atoms. The van der Waals surface area contributed by atoms with Gasteiger partial charge < -0.3 is 19.2 Å². The second-order valence-corrected chi connectivity index (χ2v) is 1.34. The van der Waals surface area contributed by atoms with E-state index in [4.69, 9.17) is 19.2 Å². The molecule has 0 aliphatic heterocycles. The number of rotatable bonds is 0. The Bertz CT molecular complexity index is 61.9. The molecule has 0 rings (SSSR count). The first kappa shape index (κ1) is 29.2. The van der Waals surface area contributed by atoms with E-state index in [9.17, 15) is 0 Å². The quantitative estimate of drug-likeness (QED) is 0.289. The zero-order valence-electron chi connectivity index (χ0n) is 5.79. The Morgan fingerprint density at radius 2 is 0.889 bits per heavy atom. The van der Waals surface area contributed by atoms with E-state index in [1.807, 2.05) is 0 Å². The summed E-state index contributed by atoms with van der Waals surface area (Å²) in [6.45, 7) is 0. The maximum absolute atomic E-state index is 8.55. The van der Waals surface area contributed by atoms with Crippen LogP contribution in [0.25, 0.3) is 0 Å². The number of hydrogen-bond donors (Lipinski definition) is 0. The Kier molecular flexibility index (Phi) is 48.3. The predicted molar refractivity (Wildman–Crippen MR) is 13.4 cm³/mol. The maximum atomic E-state index is 8.55. The molecule has 0 radical (unpaired) electrons. The van der Waals surface area contributed by atoms with Crippen molar-refractivity contribution in [1.29, 1.82) is 0 Å². The Labute approximate surface area is 150 Å². The molecular formula is CaNa3O4P+2. The van der Waals surface area contributed by atoms with Gasteiger partial charge in [-0.3, -0.25) is 0 Å². The number of hydrogen-bond acceptors (Lipinski definition) is 4. The largest absolute Gasteiger partial charge is 2.00 e. The van der Waals surface area contributed by atoms with E-state index in [2.05, 4.69) is 0 Å². The molecule has 0 saturated heterocycles. The first-order chi connectivity index (χ1) is 2.00. The Morgan fingerprint density at radius 3 is 0.889 bits per heavy atom. The smallest absolute Gasteiger partial charge is 0.822 e. The molecule has 0 atom stereocenters. The molecule has 9 heteroatoms. The summed E-state index contributed by atoms with van der Waals surface area (Å²) >= 11 is 0. The van der Waals surface area contributed by atoms with Crippen molar-refractivity contribution in [1.82, 2.24) is 0 Å². The minimum atomic E-state index is -5.39. The molecule has 0 amide bonds. The van der Waals surface area contributed by atoms with Gasteiger partial charge in [0.2, 0.25) is 0 Å². The van der Waals surface area contributed by atoms with Gasteiger partial charge in [0, 0.05) is 0 Å². The molecule has 0 bridgehead atoms. The summed E-state index contributed by atoms with van der Waals surface area (Å²) in [7, 11) is -5.39. The van der Waals surface area contributed by atoms with Crippen LogP contribution in [0.15, 0.2) is 0 Å². The summed E-state index contributed by atoms with van der Waals surface area (Å²) in [4.78, 5) is 25.6. The molecule has 0 N–H and O–H groups in total. The molecule has 0 unspecified atom stereocenters. The van der Waals surface area contributed by atoms with Gasteiger partial charge in [-0.2, -0.15) is 7.82 Å². The van der Waals surface area contributed by atoms with Gasteiger partial charge in [0.05, 0.1) is 0 Å². The summed E-state index contributed by atoms with van der Waals surface area (Å²) < 4.78 is 8.55. The maximum Gasteiger partial charge on any atom is 2.00 e. The van der Waals surface area contributed by atoms with E-state index in [0.717, 1.165) is 0 Å². The molecule has 0 aromatic carbocycles. The number of phosphoric acid groups is 1. The van der Waals surface area contributed by atoms with Crippen LogP contribution in [0.3, 0.4) is 0 Å². The van der Waals surface area contributed by atoms with Crippen molar-refractivity contribution in [3.63, 3.8) is 0 Å². The standard InChI is InChI=1S/Ca.3Na.H3O4P/c;;;;1-5(2,3)4/h;;;;(H3,1,2,3,4)/q+2;3*+1;/p-3. The van der Waals surface area contributed by atoms with Gasteiger partial charge in [-0.05, 0) is 0 Å². The fourth-order valence-electron chi connectivity index (χ4n) is 0. The van der Waals surface area contributed by atoms with E-state index in [1.54, 1.807) is 0 Å². The Hall–Kier alpha value is 4.37. The van der Waals surface area contributed by atoms with E-state index >= 15 is 0 Å². The average molecular weight is 204 g/mol. The van der Waals surface area contributed by atoms with E-state index in [0.29, 0.717) is 0 Å². The average Bonchev–Trinajstić information content (AvgIpc) is 0.722. The summed E-state index contributed by atoms with van der Waals surface area (Å²) in [5.74, 6) is 0. The normalized spacial score (nSPS) is 6.56. The predicted octanol–water partition coefficient (Wildman–Crippen LogP) is -12.2. The van der Waals surface area contributed by atoms with Crippen LogP contribution in [0.1, 0.15) is 0 Å². The molecule has 0 aromatic heterocycles. The minimum Gasteiger partial charge on any atom is -0.822 e. The van der Waals surface area contributed by atoms with Crippen molar-refractivity contribution in [3.05, 3.63) is 0 Å². The summed E-state index contributed by atoms with van der Waals surface area (Å²) in [5.41, 5.74) is 0. The molecule has 0 heterocycles. The first-order valence-electron chi connectivity index (χ1n) is 0.730. The second-order valence-electron chi connectivity index (χ2n) is 0.447. The van der Waals surface area contributed by atoms with Crippen LogP contribution in [0, 0.1) is 0 Å². The van der Waals surface area contributed by atoms with Crippen molar-refractivity contribution in [2.24, 2.45) is 0 Å². The third kappa shape index (κ3) is 69.7. The second kappa shape index (κ2) is 14.9. The fourth-order valence-corrected chi connectivity index (χ4v) is 0. The monoisotopic (exact) mass is 204 g/mol. The summed E-state index contributed by atoms with van der Waals surface area (Å²) in [5, 5.41) is 0. The van der Waals surface area contributed by atoms with Crippen LogP contribution < -0.4 is 103 Å². The van der Waals surface area contributed by atoms with E-state index in [1.165, 1.54) is 0 Å². The topological polar surface area (TPSA) is 86.2 Å². The SMILES string of the molecule is O=P([O-])([O-])[O-].[Ca+2].[Na+].[Na+].[Na+]. The van der Waals surface area contributed by atoms with E-state index in [-0.39, 0.29) is 126 Å². The third-order valence-corrected chi connectivity index (χ3v) is 0. The van der Waals surface area contributed by atoms with Crippen LogP contribution in [0.5, 0.6) is 0 Å². The molecular weight excluding hydrogens is 204 g/mol. The summed E-state index contributed by atoms with van der Waals surface area (Å²) in [6, 6.07) is 0. The van der Waals surface area contributed by atoms with Crippen molar-refractivity contribution in [3.8, 4) is 0 Å². The van der Waals surface area contributed by atoms with Gasteiger partial charge in [0.25, 0.3) is 0 Å². The van der Waals surface area contributed by atoms with Gasteiger partial charge in [0.15, 0.2) is 0 Å². The Morgan fingerprint density at radius 1 is 0.889 bits per heavy atom. The van der Waals surface area contributed by atoms with Crippen LogP contribution in [0.4, 0.5) is 0 Å². The van der Waals surface area contributed by atoms with Crippen molar-refractivity contribution < 1.29 is 108 Å². The van der Waals surface area contributed by atoms with Gasteiger partial charge in [0.1, 0.15) is 0 Å². The van der Waals surface area contributed by atoms with Crippen molar-refractivity contribution in [2.45, 2.75) is 0 Å². The van der Waals surface area contributed by atoms with Crippen molar-refractivity contribution in [2.75, 3.05) is 0 Å². The first-order valence-corrected chi connectivity index (χ1v) is 2.19. The molecule has 0 fully saturated rings. The molecule has 0 aromatic rings.